The second kappa shape index (κ2) is 13.3. The molecule has 0 unspecified atom stereocenters. The van der Waals surface area contributed by atoms with Crippen LogP contribution in [0.15, 0.2) is 24.3 Å². The van der Waals surface area contributed by atoms with Gasteiger partial charge in [-0.15, -0.1) is 0 Å². The number of anilines is 2. The van der Waals surface area contributed by atoms with Crippen LogP contribution in [0.3, 0.4) is 0 Å². The molecule has 0 spiro atoms. The van der Waals surface area contributed by atoms with E-state index in [1.165, 1.54) is 12.1 Å². The van der Waals surface area contributed by atoms with Crippen molar-refractivity contribution in [3.8, 4) is 11.5 Å². The number of carbonyl (C=O) groups is 3. The Morgan fingerprint density at radius 1 is 0.718 bits per heavy atom. The van der Waals surface area contributed by atoms with E-state index in [1.54, 1.807) is 32.9 Å². The molecule has 0 aliphatic heterocycles. The van der Waals surface area contributed by atoms with Gasteiger partial charge in [0.1, 0.15) is 17.1 Å². The summed E-state index contributed by atoms with van der Waals surface area (Å²) in [6, 6.07) is 5.73. The first kappa shape index (κ1) is 29.7. The van der Waals surface area contributed by atoms with Crippen LogP contribution in [0.25, 0.3) is 0 Å². The molecule has 0 aromatic heterocycles. The number of amides is 1. The van der Waals surface area contributed by atoms with Gasteiger partial charge in [0, 0.05) is 57.2 Å². The molecule has 2 aromatic rings. The Morgan fingerprint density at radius 3 is 1.64 bits per heavy atom. The van der Waals surface area contributed by atoms with E-state index in [1.807, 2.05) is 0 Å². The monoisotopic (exact) mass is 543 g/mol. The predicted molar refractivity (Wildman–Crippen MR) is 147 cm³/mol. The fourth-order valence-corrected chi connectivity index (χ4v) is 4.13. The minimum atomic E-state index is -0.577. The number of carbonyl (C=O) groups excluding carboxylic acids is 3. The number of ketones is 2. The third kappa shape index (κ3) is 7.59. The Bertz CT molecular complexity index is 1210. The van der Waals surface area contributed by atoms with Crippen molar-refractivity contribution >= 4 is 29.0 Å². The topological polar surface area (TPSA) is 181 Å². The Kier molecular flexibility index (Phi) is 10.1. The van der Waals surface area contributed by atoms with Gasteiger partial charge in [0.2, 0.25) is 11.6 Å². The zero-order valence-electron chi connectivity index (χ0n) is 22.4. The highest BCUT2D eigenvalue weighted by atomic mass is 16.6. The van der Waals surface area contributed by atoms with Gasteiger partial charge in [-0.25, -0.2) is 4.79 Å². The number of nitrogens with one attached hydrogen (secondary N) is 5. The summed E-state index contributed by atoms with van der Waals surface area (Å²) in [6.45, 7) is 8.45. The number of rotatable bonds is 13. The average Bonchev–Trinajstić information content (AvgIpc) is 2.87. The smallest absolute Gasteiger partial charge is 0.407 e. The van der Waals surface area contributed by atoms with Crippen molar-refractivity contribution in [1.82, 2.24) is 16.0 Å². The third-order valence-electron chi connectivity index (χ3n) is 5.77. The first-order valence-electron chi connectivity index (χ1n) is 12.8. The molecular formula is C27H37N5O7. The molecule has 8 N–H and O–H groups in total. The number of fused-ring (bicyclic) bond motifs is 2. The van der Waals surface area contributed by atoms with Crippen LogP contribution in [0.2, 0.25) is 0 Å². The van der Waals surface area contributed by atoms with Crippen LogP contribution < -0.4 is 26.6 Å². The number of benzene rings is 2. The van der Waals surface area contributed by atoms with Crippen molar-refractivity contribution < 1.29 is 34.4 Å². The van der Waals surface area contributed by atoms with E-state index in [-0.39, 0.29) is 40.4 Å². The molecule has 1 aliphatic rings. The van der Waals surface area contributed by atoms with Crippen molar-refractivity contribution in [1.29, 1.82) is 0 Å². The first-order chi connectivity index (χ1) is 18.5. The van der Waals surface area contributed by atoms with Crippen LogP contribution in [0.1, 0.15) is 52.6 Å². The van der Waals surface area contributed by atoms with Gasteiger partial charge in [0.25, 0.3) is 0 Å². The maximum Gasteiger partial charge on any atom is 0.407 e. The van der Waals surface area contributed by atoms with E-state index in [9.17, 15) is 24.6 Å². The fraction of sp³-hybridized carbons (Fsp3) is 0.444. The first-order valence-corrected chi connectivity index (χ1v) is 12.8. The molecule has 0 saturated carbocycles. The lowest BCUT2D eigenvalue weighted by atomic mass is 9.81. The average molecular weight is 544 g/mol. The lowest BCUT2D eigenvalue weighted by molar-refractivity contribution is 0.0528. The molecule has 0 bridgehead atoms. The van der Waals surface area contributed by atoms with Crippen molar-refractivity contribution in [2.75, 3.05) is 63.1 Å². The number of aliphatic hydroxyl groups is 1. The maximum absolute atomic E-state index is 13.6. The highest BCUT2D eigenvalue weighted by Gasteiger charge is 2.37. The molecule has 0 heterocycles. The Hall–Kier alpha value is -3.87. The zero-order valence-corrected chi connectivity index (χ0v) is 22.4. The molecule has 39 heavy (non-hydrogen) atoms. The summed E-state index contributed by atoms with van der Waals surface area (Å²) < 4.78 is 5.19. The van der Waals surface area contributed by atoms with E-state index >= 15 is 0 Å². The fourth-order valence-electron chi connectivity index (χ4n) is 4.13. The van der Waals surface area contributed by atoms with E-state index in [0.29, 0.717) is 57.2 Å². The van der Waals surface area contributed by atoms with E-state index in [4.69, 9.17) is 9.84 Å². The summed E-state index contributed by atoms with van der Waals surface area (Å²) in [5.74, 6) is -1.92. The summed E-state index contributed by atoms with van der Waals surface area (Å²) in [6.07, 6.45) is -0.496. The third-order valence-corrected chi connectivity index (χ3v) is 5.77. The van der Waals surface area contributed by atoms with Gasteiger partial charge < -0.3 is 46.6 Å². The second-order valence-corrected chi connectivity index (χ2v) is 9.93. The number of ether oxygens (including phenoxy) is 1. The summed E-state index contributed by atoms with van der Waals surface area (Å²) >= 11 is 0. The molecule has 1 aliphatic carbocycles. The van der Waals surface area contributed by atoms with E-state index in [2.05, 4.69) is 26.6 Å². The van der Waals surface area contributed by atoms with Gasteiger partial charge >= 0.3 is 6.09 Å². The molecule has 2 aromatic carbocycles. The number of alkyl carbamates (subject to hydrolysis) is 1. The molecule has 12 nitrogen and oxygen atoms in total. The van der Waals surface area contributed by atoms with Crippen LogP contribution in [0.5, 0.6) is 11.5 Å². The molecule has 3 rings (SSSR count). The molecule has 0 atom stereocenters. The molecule has 212 valence electrons. The molecule has 0 saturated heterocycles. The van der Waals surface area contributed by atoms with Gasteiger partial charge in [-0.05, 0) is 45.0 Å². The number of phenolic OH excluding ortho intramolecular Hbond substituents is 2. The van der Waals surface area contributed by atoms with E-state index < -0.39 is 23.3 Å². The van der Waals surface area contributed by atoms with Crippen LogP contribution in [-0.4, -0.2) is 91.0 Å². The lowest BCUT2D eigenvalue weighted by Crippen LogP contribution is -2.37. The highest BCUT2D eigenvalue weighted by Crippen LogP contribution is 2.42. The summed E-state index contributed by atoms with van der Waals surface area (Å²) in [4.78, 5) is 38.8. The Balaban J connectivity index is 1.71. The van der Waals surface area contributed by atoms with Gasteiger partial charge in [-0.3, -0.25) is 9.59 Å². The van der Waals surface area contributed by atoms with E-state index in [0.717, 1.165) is 0 Å². The van der Waals surface area contributed by atoms with Crippen molar-refractivity contribution in [2.24, 2.45) is 0 Å². The van der Waals surface area contributed by atoms with Crippen LogP contribution in [0, 0.1) is 0 Å². The predicted octanol–water partition coefficient (Wildman–Crippen LogP) is 1.39. The van der Waals surface area contributed by atoms with Crippen molar-refractivity contribution in [2.45, 2.75) is 26.4 Å². The van der Waals surface area contributed by atoms with Gasteiger partial charge in [0.05, 0.1) is 28.9 Å². The Labute approximate surface area is 227 Å². The van der Waals surface area contributed by atoms with Crippen molar-refractivity contribution in [3.05, 3.63) is 46.5 Å². The van der Waals surface area contributed by atoms with Crippen molar-refractivity contribution in [3.63, 3.8) is 0 Å². The largest absolute Gasteiger partial charge is 0.507 e. The summed E-state index contributed by atoms with van der Waals surface area (Å²) in [5.41, 5.74) is 0.00299. The van der Waals surface area contributed by atoms with Crippen LogP contribution in [0.4, 0.5) is 16.2 Å². The minimum Gasteiger partial charge on any atom is -0.507 e. The van der Waals surface area contributed by atoms with Gasteiger partial charge in [-0.2, -0.15) is 0 Å². The molecular weight excluding hydrogens is 506 g/mol. The summed E-state index contributed by atoms with van der Waals surface area (Å²) in [5, 5.41) is 44.8. The van der Waals surface area contributed by atoms with Crippen LogP contribution >= 0.6 is 0 Å². The maximum atomic E-state index is 13.6. The molecule has 1 amide bonds. The standard InChI is InChI=1S/C27H37N5O7/c1-27(2,3)39-26(38)32-13-10-28-8-11-30-16-4-5-17(31-12-9-29-14-15-33)21-20(16)24(36)22-18(34)6-7-19(35)23(22)25(21)37/h4-7,28-31,33-35H,8-15H2,1-3H3,(H,32,38). The molecule has 0 fully saturated rings. The number of hydrogen-bond donors (Lipinski definition) is 8. The Morgan fingerprint density at radius 2 is 1.18 bits per heavy atom. The van der Waals surface area contributed by atoms with Gasteiger partial charge in [-0.1, -0.05) is 0 Å². The number of phenols is 2. The second-order valence-electron chi connectivity index (χ2n) is 9.93. The normalized spacial score (nSPS) is 12.5. The molecule has 0 radical (unpaired) electrons. The zero-order chi connectivity index (χ0) is 28.6. The summed E-state index contributed by atoms with van der Waals surface area (Å²) in [7, 11) is 0. The highest BCUT2D eigenvalue weighted by molar-refractivity contribution is 6.33. The number of aliphatic hydroxyl groups excluding tert-OH is 1. The number of hydrogen-bond acceptors (Lipinski definition) is 11. The quantitative estimate of drug-likeness (QED) is 0.115. The number of aromatic hydroxyl groups is 2. The molecule has 12 heteroatoms. The lowest BCUT2D eigenvalue weighted by Gasteiger charge is -2.25. The van der Waals surface area contributed by atoms with Crippen LogP contribution in [-0.2, 0) is 4.74 Å². The van der Waals surface area contributed by atoms with Gasteiger partial charge in [0.15, 0.2) is 0 Å². The minimum absolute atomic E-state index is 0.00256. The SMILES string of the molecule is CC(C)(C)OC(=O)NCCNCCNc1ccc(NCCNCCO)c2c1C(=O)c1c(O)ccc(O)c1C2=O.